The van der Waals surface area contributed by atoms with E-state index in [-0.39, 0.29) is 0 Å². The topological polar surface area (TPSA) is 86.4 Å². The molecule has 0 fully saturated rings. The molecule has 0 bridgehead atoms. The van der Waals surface area contributed by atoms with Crippen LogP contribution in [0.4, 0.5) is 5.82 Å². The van der Waals surface area contributed by atoms with Gasteiger partial charge in [0.25, 0.3) is 5.91 Å². The van der Waals surface area contributed by atoms with Gasteiger partial charge in [-0.05, 0) is 17.7 Å². The second-order valence-corrected chi connectivity index (χ2v) is 5.84. The molecule has 22 heavy (non-hydrogen) atoms. The summed E-state index contributed by atoms with van der Waals surface area (Å²) in [6.45, 7) is 7.30. The lowest BCUT2D eigenvalue weighted by Crippen LogP contribution is -2.11. The highest BCUT2D eigenvalue weighted by atomic mass is 32.1. The molecule has 0 saturated carbocycles. The summed E-state index contributed by atoms with van der Waals surface area (Å²) >= 11 is 1.45. The number of thiophene rings is 1. The number of amides is 1. The summed E-state index contributed by atoms with van der Waals surface area (Å²) in [4.78, 5) is 19.9. The number of carbonyl (C=O) groups is 1. The summed E-state index contributed by atoms with van der Waals surface area (Å²) in [6, 6.07) is 9.67. The number of carbonyl (C=O) groups excluding carboxylic acids is 1. The third-order valence-corrected chi connectivity index (χ3v) is 4.54. The van der Waals surface area contributed by atoms with Crippen LogP contribution in [0.15, 0.2) is 36.5 Å². The normalized spacial score (nSPS) is 10.5. The zero-order valence-corrected chi connectivity index (χ0v) is 12.4. The quantitative estimate of drug-likeness (QED) is 0.729. The molecule has 0 unspecified atom stereocenters. The molecule has 0 aliphatic heterocycles. The lowest BCUT2D eigenvalue weighted by molar-refractivity contribution is 0.100. The lowest BCUT2D eigenvalue weighted by atomic mass is 10.1. The predicted octanol–water partition coefficient (Wildman–Crippen LogP) is 3.06. The van der Waals surface area contributed by atoms with E-state index in [0.29, 0.717) is 17.9 Å². The van der Waals surface area contributed by atoms with Crippen molar-refractivity contribution in [1.82, 2.24) is 4.98 Å². The lowest BCUT2D eigenvalue weighted by Gasteiger charge is -1.99. The number of nitrogen functional groups attached to an aromatic ring is 1. The summed E-state index contributed by atoms with van der Waals surface area (Å²) in [5.41, 5.74) is 13.6. The molecule has 3 rings (SSSR count). The van der Waals surface area contributed by atoms with Gasteiger partial charge in [0.05, 0.1) is 10.3 Å². The third kappa shape index (κ3) is 2.38. The summed E-state index contributed by atoms with van der Waals surface area (Å²) in [5.74, 6) is -0.146. The molecule has 2 heterocycles. The largest absolute Gasteiger partial charge is 0.383 e. The Labute approximate surface area is 131 Å². The molecule has 0 spiro atoms. The van der Waals surface area contributed by atoms with Crippen LogP contribution in [0.1, 0.15) is 15.9 Å². The Kier molecular flexibility index (Phi) is 3.49. The summed E-state index contributed by atoms with van der Waals surface area (Å²) in [5, 5.41) is 0.729. The fourth-order valence-electron chi connectivity index (χ4n) is 2.28. The van der Waals surface area contributed by atoms with Crippen molar-refractivity contribution in [1.29, 1.82) is 0 Å². The van der Waals surface area contributed by atoms with Crippen molar-refractivity contribution in [3.8, 4) is 10.4 Å². The molecular formula is C16H12N4OS. The zero-order chi connectivity index (χ0) is 15.7. The summed E-state index contributed by atoms with van der Waals surface area (Å²) in [7, 11) is 0. The predicted molar refractivity (Wildman–Crippen MR) is 88.3 cm³/mol. The summed E-state index contributed by atoms with van der Waals surface area (Å²) in [6.07, 6.45) is 1.41. The number of hydrogen-bond acceptors (Lipinski definition) is 4. The van der Waals surface area contributed by atoms with Gasteiger partial charge >= 0.3 is 0 Å². The van der Waals surface area contributed by atoms with Gasteiger partial charge < -0.3 is 16.3 Å². The van der Waals surface area contributed by atoms with Crippen LogP contribution >= 0.6 is 11.3 Å². The van der Waals surface area contributed by atoms with Crippen molar-refractivity contribution in [2.45, 2.75) is 6.54 Å². The van der Waals surface area contributed by atoms with E-state index in [2.05, 4.69) is 9.83 Å². The van der Waals surface area contributed by atoms with Crippen LogP contribution in [0.2, 0.25) is 0 Å². The molecule has 0 saturated heterocycles. The Balaban J connectivity index is 2.19. The van der Waals surface area contributed by atoms with Gasteiger partial charge in [-0.25, -0.2) is 11.6 Å². The standard InChI is InChI=1S/C16H12N4OS/c1-19-7-9-3-2-4-10(5-9)13-6-11-14(22-13)12(16(18)21)8-20-15(11)17/h2-6,8H,7H2,(H2,17,20)(H2,18,21). The van der Waals surface area contributed by atoms with Crippen LogP contribution in [0.25, 0.3) is 25.4 Å². The molecule has 108 valence electrons. The zero-order valence-electron chi connectivity index (χ0n) is 11.5. The maximum Gasteiger partial charge on any atom is 0.251 e. The molecule has 0 aliphatic rings. The Hall–Kier alpha value is -2.91. The first kappa shape index (κ1) is 14.0. The Morgan fingerprint density at radius 2 is 2.18 bits per heavy atom. The molecule has 1 aromatic carbocycles. The maximum atomic E-state index is 11.5. The van der Waals surface area contributed by atoms with Gasteiger partial charge in [0.2, 0.25) is 6.54 Å². The van der Waals surface area contributed by atoms with Gasteiger partial charge in [-0.3, -0.25) is 4.79 Å². The highest BCUT2D eigenvalue weighted by molar-refractivity contribution is 7.22. The molecule has 2 aromatic heterocycles. The maximum absolute atomic E-state index is 11.5. The fraction of sp³-hybridized carbons (Fsp3) is 0.0625. The van der Waals surface area contributed by atoms with Crippen molar-refractivity contribution >= 4 is 33.1 Å². The molecule has 0 radical (unpaired) electrons. The number of benzene rings is 1. The molecule has 0 atom stereocenters. The van der Waals surface area contributed by atoms with Crippen molar-refractivity contribution in [2.24, 2.45) is 5.73 Å². The van der Waals surface area contributed by atoms with Gasteiger partial charge in [0.1, 0.15) is 5.82 Å². The highest BCUT2D eigenvalue weighted by Crippen LogP contribution is 2.37. The van der Waals surface area contributed by atoms with Crippen molar-refractivity contribution < 1.29 is 4.79 Å². The summed E-state index contributed by atoms with van der Waals surface area (Å²) < 4.78 is 0.741. The van der Waals surface area contributed by atoms with E-state index in [1.54, 1.807) is 0 Å². The van der Waals surface area contributed by atoms with E-state index in [4.69, 9.17) is 18.0 Å². The average Bonchev–Trinajstić information content (AvgIpc) is 2.94. The molecular weight excluding hydrogens is 296 g/mol. The Morgan fingerprint density at radius 1 is 1.36 bits per heavy atom. The van der Waals surface area contributed by atoms with E-state index in [0.717, 1.165) is 26.1 Å². The van der Waals surface area contributed by atoms with Crippen molar-refractivity contribution in [3.63, 3.8) is 0 Å². The number of rotatable bonds is 3. The number of fused-ring (bicyclic) bond motifs is 1. The minimum atomic E-state index is -0.521. The molecule has 1 amide bonds. The first-order chi connectivity index (χ1) is 10.6. The van der Waals surface area contributed by atoms with Gasteiger partial charge in [-0.2, -0.15) is 0 Å². The van der Waals surface area contributed by atoms with Crippen molar-refractivity contribution in [2.75, 3.05) is 5.73 Å². The smallest absolute Gasteiger partial charge is 0.251 e. The number of pyridine rings is 1. The van der Waals surface area contributed by atoms with Gasteiger partial charge in [-0.1, -0.05) is 18.2 Å². The van der Waals surface area contributed by atoms with E-state index in [9.17, 15) is 4.79 Å². The first-order valence-corrected chi connectivity index (χ1v) is 7.32. The SMILES string of the molecule is [C-]#[N+]Cc1cccc(-c2cc3c(N)ncc(C(N)=O)c3s2)c1. The molecule has 4 N–H and O–H groups in total. The van der Waals surface area contributed by atoms with Crippen molar-refractivity contribution in [3.05, 3.63) is 59.1 Å². The van der Waals surface area contributed by atoms with Crippen LogP contribution in [0, 0.1) is 6.57 Å². The van der Waals surface area contributed by atoms with Gasteiger partial charge in [-0.15, -0.1) is 11.3 Å². The second-order valence-electron chi connectivity index (χ2n) is 4.79. The number of aromatic nitrogens is 1. The van der Waals surface area contributed by atoms with Gasteiger partial charge in [0.15, 0.2) is 0 Å². The molecule has 3 aromatic rings. The molecule has 5 nitrogen and oxygen atoms in total. The number of nitrogens with zero attached hydrogens (tertiary/aromatic N) is 2. The van der Waals surface area contributed by atoms with E-state index < -0.39 is 5.91 Å². The second kappa shape index (κ2) is 5.47. The number of anilines is 1. The first-order valence-electron chi connectivity index (χ1n) is 6.50. The molecule has 0 aliphatic carbocycles. The minimum absolute atomic E-state index is 0.342. The number of hydrogen-bond donors (Lipinski definition) is 2. The van der Waals surface area contributed by atoms with Crippen LogP contribution in [0.3, 0.4) is 0 Å². The van der Waals surface area contributed by atoms with E-state index in [1.165, 1.54) is 17.5 Å². The van der Waals surface area contributed by atoms with Gasteiger partial charge in [0, 0.05) is 22.0 Å². The van der Waals surface area contributed by atoms with Crippen LogP contribution in [-0.4, -0.2) is 10.9 Å². The van der Waals surface area contributed by atoms with E-state index in [1.807, 2.05) is 30.3 Å². The number of primary amides is 1. The highest BCUT2D eigenvalue weighted by Gasteiger charge is 2.15. The fourth-order valence-corrected chi connectivity index (χ4v) is 3.45. The van der Waals surface area contributed by atoms with Crippen LogP contribution in [-0.2, 0) is 6.54 Å². The molecule has 6 heteroatoms. The Bertz CT molecular complexity index is 924. The minimum Gasteiger partial charge on any atom is -0.383 e. The Morgan fingerprint density at radius 3 is 2.91 bits per heavy atom. The monoisotopic (exact) mass is 308 g/mol. The number of nitrogens with two attached hydrogens (primary N) is 2. The van der Waals surface area contributed by atoms with Crippen LogP contribution in [0.5, 0.6) is 0 Å². The van der Waals surface area contributed by atoms with Crippen LogP contribution < -0.4 is 11.5 Å². The van der Waals surface area contributed by atoms with E-state index >= 15 is 0 Å². The third-order valence-electron chi connectivity index (χ3n) is 3.32. The average molecular weight is 308 g/mol.